The highest BCUT2D eigenvalue weighted by atomic mass is 16.2. The maximum Gasteiger partial charge on any atom is 0.249 e. The van der Waals surface area contributed by atoms with Gasteiger partial charge in [-0.25, -0.2) is 4.68 Å². The van der Waals surface area contributed by atoms with Crippen LogP contribution in [0.4, 0.5) is 0 Å². The molecule has 0 bridgehead atoms. The molecule has 0 unspecified atom stereocenters. The third-order valence-electron chi connectivity index (χ3n) is 2.83. The Balaban J connectivity index is 2.45. The lowest BCUT2D eigenvalue weighted by molar-refractivity contribution is 0.0834. The van der Waals surface area contributed by atoms with Crippen molar-refractivity contribution in [3.8, 4) is 0 Å². The first kappa shape index (κ1) is 9.44. The Kier molecular flexibility index (Phi) is 2.17. The van der Waals surface area contributed by atoms with Gasteiger partial charge >= 0.3 is 0 Å². The number of fused-ring (bicyclic) bond motifs is 1. The molecular formula is C11H16N2O. The summed E-state index contributed by atoms with van der Waals surface area (Å²) in [6.07, 6.45) is 3.26. The van der Waals surface area contributed by atoms with Crippen LogP contribution >= 0.6 is 0 Å². The van der Waals surface area contributed by atoms with E-state index in [-0.39, 0.29) is 11.8 Å². The predicted octanol–water partition coefficient (Wildman–Crippen LogP) is 1.98. The number of hydrogen-bond acceptors (Lipinski definition) is 2. The average molecular weight is 192 g/mol. The Morgan fingerprint density at radius 3 is 2.79 bits per heavy atom. The van der Waals surface area contributed by atoms with Crippen LogP contribution in [-0.2, 0) is 12.8 Å². The van der Waals surface area contributed by atoms with Gasteiger partial charge in [0.05, 0.1) is 11.4 Å². The highest BCUT2D eigenvalue weighted by Gasteiger charge is 2.24. The quantitative estimate of drug-likeness (QED) is 0.682. The summed E-state index contributed by atoms with van der Waals surface area (Å²) in [5.41, 5.74) is 3.49. The van der Waals surface area contributed by atoms with Gasteiger partial charge in [0, 0.05) is 5.92 Å². The van der Waals surface area contributed by atoms with Gasteiger partial charge in [-0.1, -0.05) is 13.8 Å². The van der Waals surface area contributed by atoms with E-state index in [0.29, 0.717) is 0 Å². The summed E-state index contributed by atoms with van der Waals surface area (Å²) in [6, 6.07) is 0. The van der Waals surface area contributed by atoms with E-state index < -0.39 is 0 Å². The van der Waals surface area contributed by atoms with Crippen molar-refractivity contribution in [1.82, 2.24) is 9.78 Å². The summed E-state index contributed by atoms with van der Waals surface area (Å²) in [5, 5.41) is 4.32. The normalized spacial score (nSPS) is 14.9. The number of aromatic nitrogens is 2. The fourth-order valence-corrected chi connectivity index (χ4v) is 2.05. The van der Waals surface area contributed by atoms with Crippen molar-refractivity contribution >= 4 is 5.91 Å². The third-order valence-corrected chi connectivity index (χ3v) is 2.83. The molecule has 0 spiro atoms. The zero-order valence-electron chi connectivity index (χ0n) is 9.00. The summed E-state index contributed by atoms with van der Waals surface area (Å²) < 4.78 is 1.63. The van der Waals surface area contributed by atoms with Crippen molar-refractivity contribution in [2.75, 3.05) is 0 Å². The number of aryl methyl sites for hydroxylation is 1. The van der Waals surface area contributed by atoms with Crippen LogP contribution in [0.25, 0.3) is 0 Å². The summed E-state index contributed by atoms with van der Waals surface area (Å²) in [4.78, 5) is 11.8. The Bertz CT molecular complexity index is 377. The highest BCUT2D eigenvalue weighted by Crippen LogP contribution is 2.25. The lowest BCUT2D eigenvalue weighted by Crippen LogP contribution is -2.20. The second kappa shape index (κ2) is 3.23. The minimum absolute atomic E-state index is 0.0269. The number of carbonyl (C=O) groups excluding carboxylic acids is 1. The van der Waals surface area contributed by atoms with Crippen molar-refractivity contribution in [3.63, 3.8) is 0 Å². The summed E-state index contributed by atoms with van der Waals surface area (Å²) in [6.45, 7) is 5.83. The van der Waals surface area contributed by atoms with Gasteiger partial charge < -0.3 is 0 Å². The number of rotatable bonds is 1. The first-order chi connectivity index (χ1) is 6.61. The topological polar surface area (TPSA) is 34.9 Å². The maximum absolute atomic E-state index is 11.8. The van der Waals surface area contributed by atoms with Crippen LogP contribution in [0.1, 0.15) is 42.0 Å². The molecule has 0 atom stereocenters. The first-order valence-corrected chi connectivity index (χ1v) is 5.23. The van der Waals surface area contributed by atoms with Crippen LogP contribution in [-0.4, -0.2) is 15.7 Å². The Hall–Kier alpha value is -1.12. The summed E-state index contributed by atoms with van der Waals surface area (Å²) in [5.74, 6) is 0.148. The molecule has 1 aliphatic rings. The van der Waals surface area contributed by atoms with Gasteiger partial charge in [0.2, 0.25) is 5.91 Å². The van der Waals surface area contributed by atoms with Crippen LogP contribution in [0.2, 0.25) is 0 Å². The zero-order chi connectivity index (χ0) is 10.3. The van der Waals surface area contributed by atoms with Gasteiger partial charge in [0.1, 0.15) is 0 Å². The van der Waals surface area contributed by atoms with E-state index in [2.05, 4.69) is 5.10 Å². The smallest absolute Gasteiger partial charge is 0.249 e. The average Bonchev–Trinajstić information content (AvgIpc) is 2.68. The van der Waals surface area contributed by atoms with Crippen LogP contribution < -0.4 is 0 Å². The Morgan fingerprint density at radius 1 is 1.43 bits per heavy atom. The molecule has 3 nitrogen and oxygen atoms in total. The number of nitrogens with zero attached hydrogens (tertiary/aromatic N) is 2. The minimum atomic E-state index is 0.0269. The zero-order valence-corrected chi connectivity index (χ0v) is 9.00. The van der Waals surface area contributed by atoms with E-state index in [0.717, 1.165) is 24.2 Å². The molecule has 14 heavy (non-hydrogen) atoms. The molecule has 1 aromatic heterocycles. The Morgan fingerprint density at radius 2 is 2.14 bits per heavy atom. The van der Waals surface area contributed by atoms with Crippen molar-refractivity contribution in [2.45, 2.75) is 40.0 Å². The highest BCUT2D eigenvalue weighted by molar-refractivity contribution is 5.81. The maximum atomic E-state index is 11.8. The molecule has 0 amide bonds. The van der Waals surface area contributed by atoms with Crippen LogP contribution in [0.15, 0.2) is 0 Å². The molecule has 0 saturated carbocycles. The lowest BCUT2D eigenvalue weighted by Gasteiger charge is -2.06. The molecule has 0 aromatic carbocycles. The van der Waals surface area contributed by atoms with E-state index >= 15 is 0 Å². The lowest BCUT2D eigenvalue weighted by atomic mass is 10.2. The third kappa shape index (κ3) is 1.27. The molecular weight excluding hydrogens is 176 g/mol. The van der Waals surface area contributed by atoms with Crippen LogP contribution in [0.3, 0.4) is 0 Å². The fourth-order valence-electron chi connectivity index (χ4n) is 2.05. The Labute approximate surface area is 84.1 Å². The molecule has 1 aromatic rings. The second-order valence-electron chi connectivity index (χ2n) is 4.27. The van der Waals surface area contributed by atoms with Gasteiger partial charge in [-0.05, 0) is 31.7 Å². The summed E-state index contributed by atoms with van der Waals surface area (Å²) in [7, 11) is 0. The molecule has 0 radical (unpaired) electrons. The first-order valence-electron chi connectivity index (χ1n) is 5.23. The molecule has 0 N–H and O–H groups in total. The minimum Gasteiger partial charge on any atom is -0.272 e. The second-order valence-corrected chi connectivity index (χ2v) is 4.27. The molecule has 2 rings (SSSR count). The largest absolute Gasteiger partial charge is 0.272 e. The van der Waals surface area contributed by atoms with Crippen molar-refractivity contribution in [3.05, 3.63) is 17.0 Å². The molecule has 0 aliphatic heterocycles. The van der Waals surface area contributed by atoms with Gasteiger partial charge in [0.15, 0.2) is 0 Å². The van der Waals surface area contributed by atoms with E-state index in [1.165, 1.54) is 12.0 Å². The predicted molar refractivity (Wildman–Crippen MR) is 54.5 cm³/mol. The van der Waals surface area contributed by atoms with Crippen molar-refractivity contribution in [2.24, 2.45) is 5.92 Å². The SMILES string of the molecule is Cc1nn(C(=O)C(C)C)c2c1CCC2. The van der Waals surface area contributed by atoms with Gasteiger partial charge in [-0.2, -0.15) is 5.10 Å². The molecule has 0 fully saturated rings. The van der Waals surface area contributed by atoms with E-state index in [9.17, 15) is 4.79 Å². The van der Waals surface area contributed by atoms with E-state index in [1.807, 2.05) is 20.8 Å². The monoisotopic (exact) mass is 192 g/mol. The summed E-state index contributed by atoms with van der Waals surface area (Å²) >= 11 is 0. The number of hydrogen-bond donors (Lipinski definition) is 0. The standard InChI is InChI=1S/C11H16N2O/c1-7(2)11(14)13-10-6-4-5-9(10)8(3)12-13/h7H,4-6H2,1-3H3. The van der Waals surface area contributed by atoms with Crippen LogP contribution in [0, 0.1) is 12.8 Å². The van der Waals surface area contributed by atoms with Gasteiger partial charge in [-0.3, -0.25) is 4.79 Å². The molecule has 1 heterocycles. The van der Waals surface area contributed by atoms with Gasteiger partial charge in [-0.15, -0.1) is 0 Å². The van der Waals surface area contributed by atoms with Gasteiger partial charge in [0.25, 0.3) is 0 Å². The van der Waals surface area contributed by atoms with E-state index in [4.69, 9.17) is 0 Å². The van der Waals surface area contributed by atoms with E-state index in [1.54, 1.807) is 4.68 Å². The molecule has 1 aliphatic carbocycles. The molecule has 3 heteroatoms. The molecule has 76 valence electrons. The molecule has 0 saturated heterocycles. The van der Waals surface area contributed by atoms with Crippen LogP contribution in [0.5, 0.6) is 0 Å². The van der Waals surface area contributed by atoms with Crippen molar-refractivity contribution in [1.29, 1.82) is 0 Å². The number of carbonyl (C=O) groups is 1. The van der Waals surface area contributed by atoms with Crippen molar-refractivity contribution < 1.29 is 4.79 Å². The fraction of sp³-hybridized carbons (Fsp3) is 0.636.